The van der Waals surface area contributed by atoms with Gasteiger partial charge >= 0.3 is 11.9 Å². The van der Waals surface area contributed by atoms with E-state index >= 15 is 0 Å². The van der Waals surface area contributed by atoms with Crippen molar-refractivity contribution in [3.05, 3.63) is 60.8 Å². The molecule has 0 spiro atoms. The van der Waals surface area contributed by atoms with Crippen molar-refractivity contribution < 1.29 is 73.8 Å². The van der Waals surface area contributed by atoms with E-state index in [2.05, 4.69) is 74.6 Å². The highest BCUT2D eigenvalue weighted by atomic mass is 16.7. The predicted molar refractivity (Wildman–Crippen MR) is 261 cm³/mol. The lowest BCUT2D eigenvalue weighted by Crippen LogP contribution is -2.61. The lowest BCUT2D eigenvalue weighted by atomic mass is 9.98. The van der Waals surface area contributed by atoms with E-state index in [4.69, 9.17) is 28.4 Å². The minimum Gasteiger partial charge on any atom is -0.462 e. The van der Waals surface area contributed by atoms with Gasteiger partial charge in [0.2, 0.25) is 0 Å². The van der Waals surface area contributed by atoms with Crippen LogP contribution >= 0.6 is 0 Å². The second kappa shape index (κ2) is 39.9. The highest BCUT2D eigenvalue weighted by molar-refractivity contribution is 5.70. The summed E-state index contributed by atoms with van der Waals surface area (Å²) in [5.41, 5.74) is 0. The van der Waals surface area contributed by atoms with Crippen LogP contribution in [0.4, 0.5) is 0 Å². The van der Waals surface area contributed by atoms with Gasteiger partial charge in [-0.05, 0) is 83.5 Å². The van der Waals surface area contributed by atoms with Gasteiger partial charge < -0.3 is 64.2 Å². The molecule has 2 heterocycles. The van der Waals surface area contributed by atoms with E-state index in [0.29, 0.717) is 12.8 Å². The number of esters is 2. The molecule has 0 bridgehead atoms. The van der Waals surface area contributed by atoms with Crippen LogP contribution in [-0.2, 0) is 38.0 Å². The number of aliphatic hydroxyl groups excluding tert-OH is 7. The van der Waals surface area contributed by atoms with Crippen molar-refractivity contribution >= 4 is 11.9 Å². The average Bonchev–Trinajstić information content (AvgIpc) is 3.33. The van der Waals surface area contributed by atoms with E-state index in [1.165, 1.54) is 44.9 Å². The third-order valence-corrected chi connectivity index (χ3v) is 12.0. The molecule has 0 aliphatic carbocycles. The number of hydrogen-bond acceptors (Lipinski definition) is 15. The van der Waals surface area contributed by atoms with E-state index in [-0.39, 0.29) is 19.4 Å². The zero-order chi connectivity index (χ0) is 49.6. The molecule has 0 saturated carbocycles. The number of allylic oxidation sites excluding steroid dienone is 10. The molecule has 0 radical (unpaired) electrons. The van der Waals surface area contributed by atoms with Crippen LogP contribution in [0, 0.1) is 0 Å². The number of ether oxygens (including phenoxy) is 6. The quantitative estimate of drug-likeness (QED) is 0.0183. The number of rotatable bonds is 39. The molecular weight excluding hydrogens is 877 g/mol. The SMILES string of the molecule is CCCCC/C=C/C/C=C/C/C=C/C/C=C/CCCCCC(=O)OC[C@@H](CO[C@@H]1O[C@H](CO[C@@H]2O[C@H](CO)[C@H](O)C(O)C2O)[C@H](O)C(O)C1O)OC(=O)CCCCCCC/C=C/CCCCCC. The van der Waals surface area contributed by atoms with Crippen LogP contribution in [0.1, 0.15) is 168 Å². The molecule has 2 aliphatic heterocycles. The average molecular weight is 967 g/mol. The summed E-state index contributed by atoms with van der Waals surface area (Å²) in [4.78, 5) is 25.7. The Balaban J connectivity index is 1.82. The number of carbonyl (C=O) groups is 2. The second-order valence-corrected chi connectivity index (χ2v) is 18.0. The van der Waals surface area contributed by atoms with E-state index in [9.17, 15) is 45.3 Å². The van der Waals surface area contributed by atoms with Crippen LogP contribution in [0.3, 0.4) is 0 Å². The Bertz CT molecular complexity index is 1420. The summed E-state index contributed by atoms with van der Waals surface area (Å²) in [5.74, 6) is -0.975. The van der Waals surface area contributed by atoms with Crippen LogP contribution in [-0.4, -0.2) is 142 Å². The molecule has 11 atom stereocenters. The van der Waals surface area contributed by atoms with Gasteiger partial charge in [-0.25, -0.2) is 0 Å². The molecule has 0 aromatic carbocycles. The maximum Gasteiger partial charge on any atom is 0.306 e. The van der Waals surface area contributed by atoms with E-state index in [1.807, 2.05) is 0 Å². The predicted octanol–water partition coefficient (Wildman–Crippen LogP) is 7.27. The molecule has 0 aromatic rings. The normalized spacial score (nSPS) is 26.2. The van der Waals surface area contributed by atoms with Gasteiger partial charge in [-0.15, -0.1) is 0 Å². The first-order valence-corrected chi connectivity index (χ1v) is 25.9. The standard InChI is InChI=1S/C53H90O15/c1-3-5-7-9-11-13-15-17-18-19-20-21-22-24-25-27-29-31-33-35-44(55)63-38-41(66-45(56)36-34-32-30-28-26-23-16-14-12-10-8-6-4-2)39-64-52-51(62)49(60)47(58)43(68-52)40-65-53-50(61)48(59)46(57)42(37-54)67-53/h11,13-14,16-18,20-21,24-25,41-43,46-54,57-62H,3-10,12,15,19,22-23,26-40H2,1-2H3/b13-11+,16-14+,18-17+,21-20+,25-24+/t41-,42+,43+,46-,47-,48?,49?,50?,51?,52+,53+/m0/s1. The van der Waals surface area contributed by atoms with E-state index < -0.39 is 99.3 Å². The van der Waals surface area contributed by atoms with Gasteiger partial charge in [0.05, 0.1) is 19.8 Å². The van der Waals surface area contributed by atoms with Crippen LogP contribution in [0.15, 0.2) is 60.8 Å². The summed E-state index contributed by atoms with van der Waals surface area (Å²) in [5, 5.41) is 72.1. The molecule has 2 rings (SSSR count). The monoisotopic (exact) mass is 967 g/mol. The third-order valence-electron chi connectivity index (χ3n) is 12.0. The maximum absolute atomic E-state index is 13.0. The zero-order valence-electron chi connectivity index (χ0n) is 41.3. The summed E-state index contributed by atoms with van der Waals surface area (Å²) in [6.45, 7) is 2.49. The molecule has 4 unspecified atom stereocenters. The fourth-order valence-corrected chi connectivity index (χ4v) is 7.66. The first kappa shape index (κ1) is 61.3. The highest BCUT2D eigenvalue weighted by Crippen LogP contribution is 2.26. The number of aliphatic hydroxyl groups is 7. The lowest BCUT2D eigenvalue weighted by molar-refractivity contribution is -0.332. The molecule has 2 aliphatic rings. The van der Waals surface area contributed by atoms with Crippen molar-refractivity contribution in [2.75, 3.05) is 26.4 Å². The van der Waals surface area contributed by atoms with Crippen molar-refractivity contribution in [3.63, 3.8) is 0 Å². The van der Waals surface area contributed by atoms with Crippen LogP contribution in [0.5, 0.6) is 0 Å². The Morgan fingerprint density at radius 1 is 0.471 bits per heavy atom. The molecule has 392 valence electrons. The summed E-state index contributed by atoms with van der Waals surface area (Å²) in [7, 11) is 0. The topological polar surface area (TPSA) is 231 Å². The van der Waals surface area contributed by atoms with Crippen molar-refractivity contribution in [3.8, 4) is 0 Å². The molecule has 2 fully saturated rings. The van der Waals surface area contributed by atoms with Gasteiger partial charge in [-0.1, -0.05) is 132 Å². The Hall–Kier alpha value is -2.80. The van der Waals surface area contributed by atoms with Crippen LogP contribution < -0.4 is 0 Å². The molecule has 2 saturated heterocycles. The first-order valence-electron chi connectivity index (χ1n) is 25.9. The van der Waals surface area contributed by atoms with Crippen molar-refractivity contribution in [2.45, 2.75) is 235 Å². The van der Waals surface area contributed by atoms with Crippen molar-refractivity contribution in [1.82, 2.24) is 0 Å². The van der Waals surface area contributed by atoms with Crippen LogP contribution in [0.2, 0.25) is 0 Å². The minimum absolute atomic E-state index is 0.145. The number of unbranched alkanes of at least 4 members (excludes halogenated alkanes) is 15. The lowest BCUT2D eigenvalue weighted by Gasteiger charge is -2.42. The molecule has 15 nitrogen and oxygen atoms in total. The summed E-state index contributed by atoms with van der Waals surface area (Å²) >= 11 is 0. The van der Waals surface area contributed by atoms with Gasteiger partial charge in [0.1, 0.15) is 55.4 Å². The minimum atomic E-state index is -1.77. The Morgan fingerprint density at radius 2 is 0.882 bits per heavy atom. The second-order valence-electron chi connectivity index (χ2n) is 18.0. The van der Waals surface area contributed by atoms with Gasteiger partial charge in [0, 0.05) is 12.8 Å². The van der Waals surface area contributed by atoms with E-state index in [1.54, 1.807) is 0 Å². The molecular formula is C53H90O15. The summed E-state index contributed by atoms with van der Waals surface area (Å²) < 4.78 is 33.5. The fourth-order valence-electron chi connectivity index (χ4n) is 7.66. The van der Waals surface area contributed by atoms with Gasteiger partial charge in [-0.3, -0.25) is 9.59 Å². The Kier molecular flexibility index (Phi) is 36.0. The number of carbonyl (C=O) groups excluding carboxylic acids is 2. The molecule has 7 N–H and O–H groups in total. The van der Waals surface area contributed by atoms with Gasteiger partial charge in [0.15, 0.2) is 18.7 Å². The first-order chi connectivity index (χ1) is 33.0. The molecule has 68 heavy (non-hydrogen) atoms. The maximum atomic E-state index is 13.0. The Labute approximate surface area is 407 Å². The smallest absolute Gasteiger partial charge is 0.306 e. The molecule has 0 aromatic heterocycles. The van der Waals surface area contributed by atoms with Gasteiger partial charge in [0.25, 0.3) is 0 Å². The molecule has 15 heteroatoms. The highest BCUT2D eigenvalue weighted by Gasteiger charge is 2.47. The summed E-state index contributed by atoms with van der Waals surface area (Å²) in [6, 6.07) is 0. The Morgan fingerprint density at radius 3 is 1.44 bits per heavy atom. The van der Waals surface area contributed by atoms with Crippen molar-refractivity contribution in [2.24, 2.45) is 0 Å². The van der Waals surface area contributed by atoms with E-state index in [0.717, 1.165) is 83.5 Å². The molecule has 0 amide bonds. The fraction of sp³-hybridized carbons (Fsp3) is 0.774. The van der Waals surface area contributed by atoms with Crippen molar-refractivity contribution in [1.29, 1.82) is 0 Å². The van der Waals surface area contributed by atoms with Gasteiger partial charge in [-0.2, -0.15) is 0 Å². The number of hydrogen-bond donors (Lipinski definition) is 7. The third kappa shape index (κ3) is 27.6. The zero-order valence-corrected chi connectivity index (χ0v) is 41.3. The largest absolute Gasteiger partial charge is 0.462 e. The summed E-state index contributed by atoms with van der Waals surface area (Å²) in [6.07, 6.45) is 28.2. The van der Waals surface area contributed by atoms with Crippen LogP contribution in [0.25, 0.3) is 0 Å².